The molecule has 25 heavy (non-hydrogen) atoms. The fraction of sp³-hybridized carbons (Fsp3) is 0.263. The Morgan fingerprint density at radius 1 is 1.16 bits per heavy atom. The lowest BCUT2D eigenvalue weighted by atomic mass is 10.1. The molecule has 0 saturated carbocycles. The molecule has 0 radical (unpaired) electrons. The molecule has 2 N–H and O–H groups in total. The summed E-state index contributed by atoms with van der Waals surface area (Å²) in [6, 6.07) is 13.2. The summed E-state index contributed by atoms with van der Waals surface area (Å²) in [4.78, 5) is 25.2. The lowest BCUT2D eigenvalue weighted by molar-refractivity contribution is -0.141. The van der Waals surface area contributed by atoms with E-state index >= 15 is 0 Å². The van der Waals surface area contributed by atoms with Crippen molar-refractivity contribution in [3.8, 4) is 11.5 Å². The number of ether oxygens (including phenoxy) is 1. The predicted octanol–water partition coefficient (Wildman–Crippen LogP) is 2.66. The van der Waals surface area contributed by atoms with Gasteiger partial charge in [-0.25, -0.2) is 4.79 Å². The van der Waals surface area contributed by atoms with Crippen molar-refractivity contribution in [2.45, 2.75) is 25.5 Å². The molecule has 1 saturated heterocycles. The number of nitrogens with zero attached hydrogens (tertiary/aromatic N) is 1. The largest absolute Gasteiger partial charge is 0.507 e. The molecule has 6 heteroatoms. The molecule has 0 aliphatic carbocycles. The highest BCUT2D eigenvalue weighted by Gasteiger charge is 2.35. The Morgan fingerprint density at radius 3 is 2.64 bits per heavy atom. The Bertz CT molecular complexity index is 775. The topological polar surface area (TPSA) is 87.1 Å². The summed E-state index contributed by atoms with van der Waals surface area (Å²) in [5.41, 5.74) is 1.03. The summed E-state index contributed by atoms with van der Waals surface area (Å²) in [5.74, 6) is -1.27. The van der Waals surface area contributed by atoms with Crippen molar-refractivity contribution >= 4 is 11.9 Å². The highest BCUT2D eigenvalue weighted by atomic mass is 16.5. The second-order valence-corrected chi connectivity index (χ2v) is 5.95. The molecule has 6 nitrogen and oxygen atoms in total. The van der Waals surface area contributed by atoms with Gasteiger partial charge in [-0.2, -0.15) is 0 Å². The van der Waals surface area contributed by atoms with E-state index in [4.69, 9.17) is 4.74 Å². The lowest BCUT2D eigenvalue weighted by Crippen LogP contribution is -2.40. The molecule has 1 amide bonds. The molecule has 1 atom stereocenters. The minimum atomic E-state index is -1.03. The predicted molar refractivity (Wildman–Crippen MR) is 90.6 cm³/mol. The Balaban J connectivity index is 1.77. The molecule has 1 aliphatic heterocycles. The number of aromatic hydroxyl groups is 1. The molecule has 2 aromatic carbocycles. The van der Waals surface area contributed by atoms with Crippen LogP contribution in [0.3, 0.4) is 0 Å². The number of rotatable bonds is 5. The smallest absolute Gasteiger partial charge is 0.326 e. The molecule has 0 spiro atoms. The molecule has 2 aromatic rings. The van der Waals surface area contributed by atoms with Crippen LogP contribution in [0.25, 0.3) is 0 Å². The second kappa shape index (κ2) is 7.25. The average molecular weight is 341 g/mol. The number of carbonyl (C=O) groups is 2. The van der Waals surface area contributed by atoms with E-state index in [1.54, 1.807) is 6.07 Å². The molecular formula is C19H19NO5. The average Bonchev–Trinajstić information content (AvgIpc) is 3.11. The molecule has 3 rings (SSSR count). The van der Waals surface area contributed by atoms with Gasteiger partial charge < -0.3 is 19.8 Å². The van der Waals surface area contributed by atoms with E-state index in [0.29, 0.717) is 31.7 Å². The van der Waals surface area contributed by atoms with E-state index in [0.717, 1.165) is 5.56 Å². The highest BCUT2D eigenvalue weighted by molar-refractivity contribution is 5.99. The fourth-order valence-corrected chi connectivity index (χ4v) is 2.94. The number of carboxylic acids is 1. The van der Waals surface area contributed by atoms with Crippen molar-refractivity contribution < 1.29 is 24.5 Å². The number of amides is 1. The van der Waals surface area contributed by atoms with Gasteiger partial charge in [-0.15, -0.1) is 0 Å². The van der Waals surface area contributed by atoms with Crippen LogP contribution in [0.15, 0.2) is 48.5 Å². The van der Waals surface area contributed by atoms with Crippen LogP contribution in [0.4, 0.5) is 0 Å². The number of carbonyl (C=O) groups excluding carboxylic acids is 1. The van der Waals surface area contributed by atoms with Crippen LogP contribution in [-0.2, 0) is 11.4 Å². The normalized spacial score (nSPS) is 16.6. The van der Waals surface area contributed by atoms with E-state index in [1.165, 1.54) is 17.0 Å². The number of benzene rings is 2. The number of carboxylic acid groups (broad SMARTS) is 1. The first-order valence-corrected chi connectivity index (χ1v) is 8.10. The Labute approximate surface area is 145 Å². The maximum Gasteiger partial charge on any atom is 0.326 e. The number of hydrogen-bond acceptors (Lipinski definition) is 4. The molecular weight excluding hydrogens is 322 g/mol. The first kappa shape index (κ1) is 16.8. The Morgan fingerprint density at radius 2 is 1.92 bits per heavy atom. The number of phenolic OH excluding ortho intramolecular Hbond substituents is 1. The zero-order valence-electron chi connectivity index (χ0n) is 13.6. The van der Waals surface area contributed by atoms with Gasteiger partial charge >= 0.3 is 5.97 Å². The maximum absolute atomic E-state index is 12.7. The van der Waals surface area contributed by atoms with Crippen LogP contribution in [0.1, 0.15) is 28.8 Å². The Hall–Kier alpha value is -3.02. The molecule has 1 heterocycles. The summed E-state index contributed by atoms with van der Waals surface area (Å²) in [6.07, 6.45) is 1.06. The van der Waals surface area contributed by atoms with Gasteiger partial charge in [0.25, 0.3) is 5.91 Å². The summed E-state index contributed by atoms with van der Waals surface area (Å²) in [6.45, 7) is 0.699. The third-order valence-electron chi connectivity index (χ3n) is 4.25. The van der Waals surface area contributed by atoms with Crippen molar-refractivity contribution in [1.29, 1.82) is 0 Å². The standard InChI is InChI=1S/C19H19NO5/c21-17-9-8-14(25-12-13-5-2-1-3-6-13)11-15(17)18(22)20-10-4-7-16(20)19(23)24/h1-3,5-6,8-9,11,16,21H,4,7,10,12H2,(H,23,24)/t16-/m1/s1. The van der Waals surface area contributed by atoms with Gasteiger partial charge in [0.15, 0.2) is 0 Å². The third-order valence-corrected chi connectivity index (χ3v) is 4.25. The van der Waals surface area contributed by atoms with Gasteiger partial charge in [0.2, 0.25) is 0 Å². The van der Waals surface area contributed by atoms with E-state index in [1.807, 2.05) is 30.3 Å². The monoisotopic (exact) mass is 341 g/mol. The first-order chi connectivity index (χ1) is 12.1. The van der Waals surface area contributed by atoms with Crippen molar-refractivity contribution in [2.24, 2.45) is 0 Å². The van der Waals surface area contributed by atoms with Gasteiger partial charge in [0, 0.05) is 6.54 Å². The van der Waals surface area contributed by atoms with Gasteiger partial charge in [-0.3, -0.25) is 4.79 Å². The minimum absolute atomic E-state index is 0.0544. The van der Waals surface area contributed by atoms with E-state index in [2.05, 4.69) is 0 Å². The Kier molecular flexibility index (Phi) is 4.88. The van der Waals surface area contributed by atoms with Gasteiger partial charge in [-0.1, -0.05) is 30.3 Å². The van der Waals surface area contributed by atoms with Gasteiger partial charge in [0.05, 0.1) is 5.56 Å². The van der Waals surface area contributed by atoms with Crippen LogP contribution in [0.5, 0.6) is 11.5 Å². The van der Waals surface area contributed by atoms with Crippen molar-refractivity contribution in [3.05, 3.63) is 59.7 Å². The van der Waals surface area contributed by atoms with E-state index in [9.17, 15) is 19.8 Å². The van der Waals surface area contributed by atoms with Crippen LogP contribution >= 0.6 is 0 Å². The fourth-order valence-electron chi connectivity index (χ4n) is 2.94. The van der Waals surface area contributed by atoms with E-state index < -0.39 is 17.9 Å². The summed E-state index contributed by atoms with van der Waals surface area (Å²) < 4.78 is 5.68. The number of aliphatic carboxylic acids is 1. The first-order valence-electron chi connectivity index (χ1n) is 8.10. The zero-order valence-corrected chi connectivity index (χ0v) is 13.6. The minimum Gasteiger partial charge on any atom is -0.507 e. The molecule has 1 fully saturated rings. The van der Waals surface area contributed by atoms with Crippen LogP contribution < -0.4 is 4.74 Å². The third kappa shape index (κ3) is 3.74. The maximum atomic E-state index is 12.7. The summed E-state index contributed by atoms with van der Waals surface area (Å²) >= 11 is 0. The lowest BCUT2D eigenvalue weighted by Gasteiger charge is -2.22. The van der Waals surface area contributed by atoms with Crippen LogP contribution in [0.2, 0.25) is 0 Å². The zero-order chi connectivity index (χ0) is 17.8. The second-order valence-electron chi connectivity index (χ2n) is 5.95. The number of likely N-dealkylation sites (tertiary alicyclic amines) is 1. The van der Waals surface area contributed by atoms with Crippen LogP contribution in [0, 0.1) is 0 Å². The van der Waals surface area contributed by atoms with Gasteiger partial charge in [-0.05, 0) is 36.6 Å². The van der Waals surface area contributed by atoms with Crippen molar-refractivity contribution in [3.63, 3.8) is 0 Å². The molecule has 0 unspecified atom stereocenters. The number of hydrogen-bond donors (Lipinski definition) is 2. The van der Waals surface area contributed by atoms with Crippen molar-refractivity contribution in [1.82, 2.24) is 4.90 Å². The quantitative estimate of drug-likeness (QED) is 0.873. The van der Waals surface area contributed by atoms with Crippen LogP contribution in [-0.4, -0.2) is 39.6 Å². The summed E-state index contributed by atoms with van der Waals surface area (Å²) in [7, 11) is 0. The highest BCUT2D eigenvalue weighted by Crippen LogP contribution is 2.28. The number of phenols is 1. The molecule has 0 bridgehead atoms. The van der Waals surface area contributed by atoms with E-state index in [-0.39, 0.29) is 11.3 Å². The summed E-state index contributed by atoms with van der Waals surface area (Å²) in [5, 5.41) is 19.3. The molecule has 130 valence electrons. The molecule has 0 aromatic heterocycles. The molecule has 1 aliphatic rings. The van der Waals surface area contributed by atoms with Crippen molar-refractivity contribution in [2.75, 3.05) is 6.54 Å². The van der Waals surface area contributed by atoms with Gasteiger partial charge in [0.1, 0.15) is 24.1 Å². The SMILES string of the molecule is O=C(O)[C@H]1CCCN1C(=O)c1cc(OCc2ccccc2)ccc1O.